The topological polar surface area (TPSA) is 150 Å². The lowest BCUT2D eigenvalue weighted by molar-refractivity contribution is -0.147. The van der Waals surface area contributed by atoms with Crippen molar-refractivity contribution in [2.24, 2.45) is 0 Å². The summed E-state index contributed by atoms with van der Waals surface area (Å²) < 4.78 is 0. The van der Waals surface area contributed by atoms with E-state index < -0.39 is 11.9 Å². The number of aromatic nitrogens is 2. The maximum Gasteiger partial charge on any atom is 0.394 e. The Morgan fingerprint density at radius 3 is 2.46 bits per heavy atom. The summed E-state index contributed by atoms with van der Waals surface area (Å²) >= 11 is 0.894. The highest BCUT2D eigenvalue weighted by Gasteiger charge is 2.13. The van der Waals surface area contributed by atoms with Crippen LogP contribution < -0.4 is 11.1 Å². The van der Waals surface area contributed by atoms with Crippen LogP contribution in [0.3, 0.4) is 0 Å². The first-order valence-electron chi connectivity index (χ1n) is 2.73. The second-order valence-electron chi connectivity index (χ2n) is 1.70. The number of hydrogen-bond acceptors (Lipinski definition) is 6. The number of carbonyl (C=O) groups is 2. The van der Waals surface area contributed by atoms with Gasteiger partial charge in [0.1, 0.15) is 0 Å². The van der Waals surface area contributed by atoms with Crippen molar-refractivity contribution < 1.29 is 20.2 Å². The number of carbonyl (C=O) groups excluding carboxylic acids is 1. The van der Waals surface area contributed by atoms with Gasteiger partial charge in [0, 0.05) is 0 Å². The van der Waals surface area contributed by atoms with Gasteiger partial charge in [-0.2, -0.15) is 0 Å². The summed E-state index contributed by atoms with van der Waals surface area (Å²) in [6.45, 7) is 0. The fourth-order valence-corrected chi connectivity index (χ4v) is 0.941. The summed E-state index contributed by atoms with van der Waals surface area (Å²) in [6, 6.07) is 0. The van der Waals surface area contributed by atoms with E-state index in [0.29, 0.717) is 0 Å². The number of carboxylic acid groups (broad SMARTS) is 1. The molecule has 0 aliphatic rings. The number of aliphatic carboxylic acids is 1. The Labute approximate surface area is 75.7 Å². The third-order valence-electron chi connectivity index (χ3n) is 0.855. The highest BCUT2D eigenvalue weighted by Crippen LogP contribution is 2.15. The number of carboxylic acids is 1. The minimum absolute atomic E-state index is 0. The second kappa shape index (κ2) is 4.33. The molecule has 0 bridgehead atoms. The second-order valence-corrected chi connectivity index (χ2v) is 2.71. The van der Waals surface area contributed by atoms with Gasteiger partial charge in [0.05, 0.1) is 0 Å². The van der Waals surface area contributed by atoms with Crippen molar-refractivity contribution >= 4 is 33.5 Å². The molecule has 0 spiro atoms. The Bertz CT molecular complexity index is 324. The predicted octanol–water partition coefficient (Wildman–Crippen LogP) is -1.68. The van der Waals surface area contributed by atoms with Gasteiger partial charge in [-0.3, -0.25) is 10.1 Å². The lowest BCUT2D eigenvalue weighted by Crippen LogP contribution is -2.21. The predicted molar refractivity (Wildman–Crippen MR) is 44.2 cm³/mol. The van der Waals surface area contributed by atoms with E-state index >= 15 is 0 Å². The van der Waals surface area contributed by atoms with E-state index in [1.165, 1.54) is 0 Å². The van der Waals surface area contributed by atoms with Crippen molar-refractivity contribution in [1.82, 2.24) is 10.2 Å². The van der Waals surface area contributed by atoms with Gasteiger partial charge < -0.3 is 16.3 Å². The van der Waals surface area contributed by atoms with Crippen molar-refractivity contribution in [2.45, 2.75) is 0 Å². The van der Waals surface area contributed by atoms with Crippen LogP contribution in [-0.4, -0.2) is 32.7 Å². The van der Waals surface area contributed by atoms with E-state index in [1.54, 1.807) is 0 Å². The molecule has 0 aromatic carbocycles. The Balaban J connectivity index is 0.00000144. The van der Waals surface area contributed by atoms with Crippen LogP contribution in [0.5, 0.6) is 0 Å². The van der Waals surface area contributed by atoms with Crippen molar-refractivity contribution in [3.63, 3.8) is 0 Å². The molecule has 13 heavy (non-hydrogen) atoms. The van der Waals surface area contributed by atoms with Crippen molar-refractivity contribution in [3.8, 4) is 0 Å². The molecular formula is C4H6N4O4S. The summed E-state index contributed by atoms with van der Waals surface area (Å²) in [5.74, 6) is -2.74. The molecule has 9 heteroatoms. The van der Waals surface area contributed by atoms with Crippen molar-refractivity contribution in [1.29, 1.82) is 0 Å². The SMILES string of the molecule is Nc1nnc(NC(=O)C(=O)O)s1.O. The number of anilines is 2. The molecule has 0 atom stereocenters. The molecule has 1 aromatic heterocycles. The van der Waals surface area contributed by atoms with Gasteiger partial charge in [-0.1, -0.05) is 11.3 Å². The lowest BCUT2D eigenvalue weighted by Gasteiger charge is -1.92. The van der Waals surface area contributed by atoms with Gasteiger partial charge in [-0.05, 0) is 0 Å². The smallest absolute Gasteiger partial charge is 0.394 e. The van der Waals surface area contributed by atoms with Gasteiger partial charge in [-0.25, -0.2) is 4.79 Å². The van der Waals surface area contributed by atoms with Gasteiger partial charge in [0.15, 0.2) is 0 Å². The number of hydrogen-bond donors (Lipinski definition) is 3. The van der Waals surface area contributed by atoms with Crippen LogP contribution >= 0.6 is 11.3 Å². The standard InChI is InChI=1S/C4H4N4O3S.H2O/c5-3-7-8-4(12-3)6-1(9)2(10)11;/h(H2,5,7)(H,10,11)(H,6,8,9);1H2. The minimum Gasteiger partial charge on any atom is -0.474 e. The molecule has 1 rings (SSSR count). The zero-order chi connectivity index (χ0) is 9.14. The van der Waals surface area contributed by atoms with E-state index in [1.807, 2.05) is 5.32 Å². The van der Waals surface area contributed by atoms with Crippen molar-refractivity contribution in [2.75, 3.05) is 11.1 Å². The Kier molecular flexibility index (Phi) is 3.75. The van der Waals surface area contributed by atoms with E-state index in [4.69, 9.17) is 10.8 Å². The fraction of sp³-hybridized carbons (Fsp3) is 0. The molecule has 0 unspecified atom stereocenters. The third-order valence-corrected chi connectivity index (χ3v) is 1.52. The van der Waals surface area contributed by atoms with E-state index in [9.17, 15) is 9.59 Å². The first kappa shape index (κ1) is 11.3. The molecule has 0 fully saturated rings. The molecule has 0 saturated carbocycles. The average molecular weight is 206 g/mol. The number of nitrogens with one attached hydrogen (secondary N) is 1. The number of nitrogens with two attached hydrogens (primary N) is 1. The largest absolute Gasteiger partial charge is 0.474 e. The summed E-state index contributed by atoms with van der Waals surface area (Å²) in [4.78, 5) is 20.5. The summed E-state index contributed by atoms with van der Waals surface area (Å²) in [7, 11) is 0. The van der Waals surface area contributed by atoms with Crippen LogP contribution in [0, 0.1) is 0 Å². The van der Waals surface area contributed by atoms with Gasteiger partial charge >= 0.3 is 11.9 Å². The molecule has 1 amide bonds. The maximum atomic E-state index is 10.5. The maximum absolute atomic E-state index is 10.5. The molecule has 0 radical (unpaired) electrons. The number of nitrogens with zero attached hydrogens (tertiary/aromatic N) is 2. The monoisotopic (exact) mass is 206 g/mol. The quantitative estimate of drug-likeness (QED) is 0.467. The molecule has 72 valence electrons. The average Bonchev–Trinajstić information content (AvgIpc) is 2.35. The van der Waals surface area contributed by atoms with Crippen LogP contribution in [0.15, 0.2) is 0 Å². The Morgan fingerprint density at radius 2 is 2.08 bits per heavy atom. The van der Waals surface area contributed by atoms with Gasteiger partial charge in [-0.15, -0.1) is 10.2 Å². The van der Waals surface area contributed by atoms with Crippen LogP contribution in [0.1, 0.15) is 0 Å². The summed E-state index contributed by atoms with van der Waals surface area (Å²) in [5.41, 5.74) is 5.18. The molecular weight excluding hydrogens is 200 g/mol. The summed E-state index contributed by atoms with van der Waals surface area (Å²) in [6.07, 6.45) is 0. The van der Waals surface area contributed by atoms with Crippen LogP contribution in [-0.2, 0) is 9.59 Å². The van der Waals surface area contributed by atoms with E-state index in [0.717, 1.165) is 11.3 Å². The van der Waals surface area contributed by atoms with Crippen LogP contribution in [0.4, 0.5) is 10.3 Å². The molecule has 1 heterocycles. The van der Waals surface area contributed by atoms with Gasteiger partial charge in [0.25, 0.3) is 0 Å². The zero-order valence-corrected chi connectivity index (χ0v) is 6.96. The Morgan fingerprint density at radius 1 is 1.46 bits per heavy atom. The van der Waals surface area contributed by atoms with Crippen molar-refractivity contribution in [3.05, 3.63) is 0 Å². The molecule has 0 aliphatic carbocycles. The lowest BCUT2D eigenvalue weighted by atomic mass is 10.6. The number of nitrogen functional groups attached to an aromatic ring is 1. The van der Waals surface area contributed by atoms with E-state index in [2.05, 4.69) is 10.2 Å². The molecule has 0 aliphatic heterocycles. The molecule has 0 saturated heterocycles. The molecule has 6 N–H and O–H groups in total. The number of rotatable bonds is 1. The first-order chi connectivity index (χ1) is 5.59. The first-order valence-corrected chi connectivity index (χ1v) is 3.54. The minimum atomic E-state index is -1.58. The highest BCUT2D eigenvalue weighted by molar-refractivity contribution is 7.19. The highest BCUT2D eigenvalue weighted by atomic mass is 32.1. The van der Waals surface area contributed by atoms with E-state index in [-0.39, 0.29) is 15.7 Å². The Hall–Kier alpha value is -1.74. The molecule has 8 nitrogen and oxygen atoms in total. The normalized spacial score (nSPS) is 8.62. The molecule has 1 aromatic rings. The summed E-state index contributed by atoms with van der Waals surface area (Å²) in [5, 5.41) is 17.1. The van der Waals surface area contributed by atoms with Crippen LogP contribution in [0.25, 0.3) is 0 Å². The third kappa shape index (κ3) is 3.01. The zero-order valence-electron chi connectivity index (χ0n) is 6.14. The van der Waals surface area contributed by atoms with Crippen LogP contribution in [0.2, 0.25) is 0 Å². The van der Waals surface area contributed by atoms with Gasteiger partial charge in [0.2, 0.25) is 10.3 Å². The number of amides is 1. The fourth-order valence-electron chi connectivity index (χ4n) is 0.436.